The number of benzene rings is 2. The molecule has 2 heteroatoms. The zero-order valence-electron chi connectivity index (χ0n) is 11.5. The van der Waals surface area contributed by atoms with Crippen LogP contribution in [-0.2, 0) is 6.42 Å². The van der Waals surface area contributed by atoms with Crippen molar-refractivity contribution < 1.29 is 4.74 Å². The van der Waals surface area contributed by atoms with Gasteiger partial charge < -0.3 is 4.74 Å². The van der Waals surface area contributed by atoms with Crippen LogP contribution in [0, 0.1) is 25.2 Å². The van der Waals surface area contributed by atoms with Crippen molar-refractivity contribution in [2.24, 2.45) is 0 Å². The van der Waals surface area contributed by atoms with Gasteiger partial charge in [-0.15, -0.1) is 0 Å². The van der Waals surface area contributed by atoms with Crippen molar-refractivity contribution in [2.45, 2.75) is 27.2 Å². The van der Waals surface area contributed by atoms with Gasteiger partial charge >= 0.3 is 0 Å². The molecule has 2 rings (SSSR count). The van der Waals surface area contributed by atoms with Crippen LogP contribution >= 0.6 is 0 Å². The average Bonchev–Trinajstić information content (AvgIpc) is 2.40. The molecular formula is C17H17NO. The minimum absolute atomic E-state index is 0.624. The summed E-state index contributed by atoms with van der Waals surface area (Å²) in [4.78, 5) is 0. The summed E-state index contributed by atoms with van der Waals surface area (Å²) in [6.07, 6.45) is 0.980. The maximum Gasteiger partial charge on any atom is 0.130 e. The number of nitrogens with zero attached hydrogens (tertiary/aromatic N) is 1. The summed E-state index contributed by atoms with van der Waals surface area (Å²) in [5.41, 5.74) is 3.99. The quantitative estimate of drug-likeness (QED) is 0.802. The Labute approximate surface area is 114 Å². The molecule has 0 atom stereocenters. The number of nitriles is 1. The fourth-order valence-electron chi connectivity index (χ4n) is 1.97. The normalized spacial score (nSPS) is 10.0. The number of hydrogen-bond donors (Lipinski definition) is 0. The highest BCUT2D eigenvalue weighted by molar-refractivity contribution is 5.44. The lowest BCUT2D eigenvalue weighted by Crippen LogP contribution is -1.91. The summed E-state index contributed by atoms with van der Waals surface area (Å²) < 4.78 is 5.92. The van der Waals surface area contributed by atoms with Crippen LogP contribution in [0.15, 0.2) is 36.4 Å². The molecule has 0 aliphatic carbocycles. The molecule has 19 heavy (non-hydrogen) atoms. The van der Waals surface area contributed by atoms with E-state index in [0.29, 0.717) is 11.3 Å². The van der Waals surface area contributed by atoms with Crippen LogP contribution in [0.5, 0.6) is 11.5 Å². The van der Waals surface area contributed by atoms with Gasteiger partial charge in [0.25, 0.3) is 0 Å². The molecule has 0 saturated heterocycles. The van der Waals surface area contributed by atoms with Gasteiger partial charge in [-0.25, -0.2) is 0 Å². The van der Waals surface area contributed by atoms with Crippen molar-refractivity contribution in [2.75, 3.05) is 0 Å². The summed E-state index contributed by atoms with van der Waals surface area (Å²) in [5, 5.41) is 8.98. The van der Waals surface area contributed by atoms with E-state index in [1.165, 1.54) is 5.56 Å². The second-order valence-electron chi connectivity index (χ2n) is 4.70. The van der Waals surface area contributed by atoms with Gasteiger partial charge in [0.05, 0.1) is 11.6 Å². The molecule has 0 fully saturated rings. The largest absolute Gasteiger partial charge is 0.457 e. The minimum Gasteiger partial charge on any atom is -0.457 e. The Kier molecular flexibility index (Phi) is 3.87. The van der Waals surface area contributed by atoms with Crippen LogP contribution < -0.4 is 4.74 Å². The van der Waals surface area contributed by atoms with E-state index < -0.39 is 0 Å². The van der Waals surface area contributed by atoms with E-state index in [0.717, 1.165) is 23.3 Å². The van der Waals surface area contributed by atoms with Gasteiger partial charge in [0.15, 0.2) is 0 Å². The van der Waals surface area contributed by atoms with Gasteiger partial charge in [0, 0.05) is 0 Å². The zero-order valence-corrected chi connectivity index (χ0v) is 11.5. The summed E-state index contributed by atoms with van der Waals surface area (Å²) in [5.74, 6) is 1.57. The molecule has 0 aliphatic heterocycles. The first kappa shape index (κ1) is 13.2. The number of aryl methyl sites for hydroxylation is 3. The molecule has 2 nitrogen and oxygen atoms in total. The lowest BCUT2D eigenvalue weighted by atomic mass is 10.1. The molecule has 0 bridgehead atoms. The van der Waals surface area contributed by atoms with Crippen LogP contribution in [0.2, 0.25) is 0 Å². The maximum atomic E-state index is 8.98. The van der Waals surface area contributed by atoms with E-state index in [9.17, 15) is 0 Å². The van der Waals surface area contributed by atoms with Crippen molar-refractivity contribution >= 4 is 0 Å². The van der Waals surface area contributed by atoms with Crippen molar-refractivity contribution in [3.05, 3.63) is 58.7 Å². The van der Waals surface area contributed by atoms with E-state index in [4.69, 9.17) is 10.00 Å². The molecule has 0 aliphatic rings. The first-order valence-electron chi connectivity index (χ1n) is 6.41. The predicted octanol–water partition coefficient (Wildman–Crippen LogP) is 4.53. The van der Waals surface area contributed by atoms with Gasteiger partial charge in [0.1, 0.15) is 11.5 Å². The molecule has 2 aromatic carbocycles. The van der Waals surface area contributed by atoms with Crippen LogP contribution in [0.3, 0.4) is 0 Å². The molecule has 0 saturated carbocycles. The second-order valence-corrected chi connectivity index (χ2v) is 4.70. The number of ether oxygens (including phenoxy) is 1. The third kappa shape index (κ3) is 3.14. The van der Waals surface area contributed by atoms with Crippen LogP contribution in [0.4, 0.5) is 0 Å². The smallest absolute Gasteiger partial charge is 0.130 e. The Hall–Kier alpha value is -2.27. The maximum absolute atomic E-state index is 8.98. The minimum atomic E-state index is 0.624. The molecule has 0 unspecified atom stereocenters. The summed E-state index contributed by atoms with van der Waals surface area (Å²) in [7, 11) is 0. The van der Waals surface area contributed by atoms with E-state index in [1.807, 2.05) is 26.0 Å². The number of rotatable bonds is 3. The van der Waals surface area contributed by atoms with Gasteiger partial charge in [-0.2, -0.15) is 5.26 Å². The van der Waals surface area contributed by atoms with Gasteiger partial charge in [-0.1, -0.05) is 19.1 Å². The Balaban J connectivity index is 2.36. The molecule has 0 radical (unpaired) electrons. The van der Waals surface area contributed by atoms with Crippen molar-refractivity contribution in [3.63, 3.8) is 0 Å². The second kappa shape index (κ2) is 5.58. The number of hydrogen-bond acceptors (Lipinski definition) is 2. The lowest BCUT2D eigenvalue weighted by molar-refractivity contribution is 0.477. The molecule has 96 valence electrons. The van der Waals surface area contributed by atoms with E-state index in [1.54, 1.807) is 6.07 Å². The Morgan fingerprint density at radius 2 is 1.89 bits per heavy atom. The fraction of sp³-hybridized carbons (Fsp3) is 0.235. The van der Waals surface area contributed by atoms with E-state index >= 15 is 0 Å². The van der Waals surface area contributed by atoms with Crippen molar-refractivity contribution in [3.8, 4) is 17.6 Å². The molecule has 0 aromatic heterocycles. The molecule has 0 heterocycles. The highest BCUT2D eigenvalue weighted by atomic mass is 16.5. The van der Waals surface area contributed by atoms with Crippen molar-refractivity contribution in [1.29, 1.82) is 5.26 Å². The van der Waals surface area contributed by atoms with Crippen LogP contribution in [-0.4, -0.2) is 0 Å². The lowest BCUT2D eigenvalue weighted by Gasteiger charge is -2.11. The molecule has 2 aromatic rings. The molecular weight excluding hydrogens is 234 g/mol. The van der Waals surface area contributed by atoms with Crippen LogP contribution in [0.25, 0.3) is 0 Å². The monoisotopic (exact) mass is 251 g/mol. The molecule has 0 spiro atoms. The first-order chi connectivity index (χ1) is 9.12. The highest BCUT2D eigenvalue weighted by Crippen LogP contribution is 2.27. The Morgan fingerprint density at radius 3 is 2.58 bits per heavy atom. The van der Waals surface area contributed by atoms with E-state index in [-0.39, 0.29) is 0 Å². The third-order valence-electron chi connectivity index (χ3n) is 3.07. The fourth-order valence-corrected chi connectivity index (χ4v) is 1.97. The zero-order chi connectivity index (χ0) is 13.8. The predicted molar refractivity (Wildman–Crippen MR) is 76.5 cm³/mol. The van der Waals surface area contributed by atoms with Gasteiger partial charge in [0.2, 0.25) is 0 Å². The van der Waals surface area contributed by atoms with Gasteiger partial charge in [-0.3, -0.25) is 0 Å². The van der Waals surface area contributed by atoms with E-state index in [2.05, 4.69) is 31.2 Å². The highest BCUT2D eigenvalue weighted by Gasteiger charge is 2.05. The molecule has 0 amide bonds. The summed E-state index contributed by atoms with van der Waals surface area (Å²) >= 11 is 0. The van der Waals surface area contributed by atoms with Crippen LogP contribution in [0.1, 0.15) is 29.2 Å². The van der Waals surface area contributed by atoms with Crippen molar-refractivity contribution in [1.82, 2.24) is 0 Å². The topological polar surface area (TPSA) is 33.0 Å². The average molecular weight is 251 g/mol. The summed E-state index contributed by atoms with van der Waals surface area (Å²) in [6.45, 7) is 6.10. The summed E-state index contributed by atoms with van der Waals surface area (Å²) in [6, 6.07) is 13.9. The first-order valence-corrected chi connectivity index (χ1v) is 6.41. The SMILES string of the molecule is CCc1ccc(C)c(Oc2cc(C)cc(C#N)c2)c1. The van der Waals surface area contributed by atoms with Gasteiger partial charge in [-0.05, 0) is 61.2 Å². The standard InChI is InChI=1S/C17H17NO/c1-4-14-6-5-13(3)17(10-14)19-16-8-12(2)7-15(9-16)11-18/h5-10H,4H2,1-3H3. The Bertz CT molecular complexity index is 638. The molecule has 0 N–H and O–H groups in total. The third-order valence-corrected chi connectivity index (χ3v) is 3.07. The Morgan fingerprint density at radius 1 is 1.11 bits per heavy atom.